The van der Waals surface area contributed by atoms with Gasteiger partial charge in [-0.25, -0.2) is 9.97 Å². The van der Waals surface area contributed by atoms with Gasteiger partial charge in [-0.2, -0.15) is 0 Å². The van der Waals surface area contributed by atoms with E-state index in [4.69, 9.17) is 4.74 Å². The minimum atomic E-state index is -0.824. The molecule has 4 atom stereocenters. The Bertz CT molecular complexity index is 1460. The van der Waals surface area contributed by atoms with Gasteiger partial charge in [0.1, 0.15) is 35.4 Å². The molecule has 4 aromatic rings. The van der Waals surface area contributed by atoms with Crippen molar-refractivity contribution in [3.05, 3.63) is 78.8 Å². The normalized spacial score (nSPS) is 22.0. The topological polar surface area (TPSA) is 108 Å². The Hall–Kier alpha value is -3.50. The maximum absolute atomic E-state index is 11.1. The fraction of sp³-hybridized carbons (Fsp3) is 0.471. The molecule has 0 amide bonds. The van der Waals surface area contributed by atoms with Crippen molar-refractivity contribution in [1.29, 1.82) is 0 Å². The van der Waals surface area contributed by atoms with Crippen LogP contribution in [0.1, 0.15) is 37.3 Å². The van der Waals surface area contributed by atoms with Gasteiger partial charge < -0.3 is 35.1 Å². The number of hydrogen-bond donors (Lipinski definition) is 4. The third-order valence-electron chi connectivity index (χ3n) is 8.88. The van der Waals surface area contributed by atoms with Gasteiger partial charge in [0.15, 0.2) is 0 Å². The molecule has 9 heteroatoms. The van der Waals surface area contributed by atoms with Crippen molar-refractivity contribution in [2.45, 2.75) is 50.4 Å². The fourth-order valence-corrected chi connectivity index (χ4v) is 6.42. The molecule has 2 heterocycles. The number of fused-ring (bicyclic) bond motifs is 1. The zero-order chi connectivity index (χ0) is 29.6. The number of anilines is 1. The fourth-order valence-electron chi connectivity index (χ4n) is 6.42. The van der Waals surface area contributed by atoms with Gasteiger partial charge in [-0.1, -0.05) is 30.3 Å². The Kier molecular flexibility index (Phi) is 9.53. The van der Waals surface area contributed by atoms with Gasteiger partial charge in [0.2, 0.25) is 0 Å². The summed E-state index contributed by atoms with van der Waals surface area (Å²) < 4.78 is 8.00. The zero-order valence-electron chi connectivity index (χ0n) is 25.0. The van der Waals surface area contributed by atoms with Crippen molar-refractivity contribution in [3.8, 4) is 11.5 Å². The zero-order valence-corrected chi connectivity index (χ0v) is 25.0. The van der Waals surface area contributed by atoms with E-state index in [2.05, 4.69) is 43.7 Å². The minimum Gasteiger partial charge on any atom is -0.457 e. The van der Waals surface area contributed by atoms with E-state index in [-0.39, 0.29) is 12.0 Å². The molecule has 0 saturated heterocycles. The number of aliphatic hydroxyl groups is 2. The van der Waals surface area contributed by atoms with Gasteiger partial charge in [-0.15, -0.1) is 0 Å². The van der Waals surface area contributed by atoms with Crippen molar-refractivity contribution in [1.82, 2.24) is 24.8 Å². The number of hydrogen-bond acceptors (Lipinski definition) is 8. The van der Waals surface area contributed by atoms with Crippen LogP contribution in [0.25, 0.3) is 11.0 Å². The molecule has 9 nitrogen and oxygen atoms in total. The van der Waals surface area contributed by atoms with Gasteiger partial charge in [0.05, 0.1) is 17.5 Å². The smallest absolute Gasteiger partial charge is 0.145 e. The van der Waals surface area contributed by atoms with Gasteiger partial charge in [0.25, 0.3) is 0 Å². The lowest BCUT2D eigenvalue weighted by molar-refractivity contribution is 0.0000144. The number of nitrogens with one attached hydrogen (secondary N) is 2. The summed E-state index contributed by atoms with van der Waals surface area (Å²) in [5.74, 6) is 3.26. The highest BCUT2D eigenvalue weighted by Crippen LogP contribution is 2.39. The number of para-hydroxylation sites is 1. The van der Waals surface area contributed by atoms with E-state index in [1.54, 1.807) is 6.33 Å². The lowest BCUT2D eigenvalue weighted by Gasteiger charge is -2.27. The van der Waals surface area contributed by atoms with Crippen LogP contribution in [0.15, 0.2) is 73.2 Å². The molecule has 4 N–H and O–H groups in total. The lowest BCUT2D eigenvalue weighted by atomic mass is 10.0. The van der Waals surface area contributed by atoms with Crippen LogP contribution in [0.2, 0.25) is 0 Å². The molecule has 6 rings (SSSR count). The van der Waals surface area contributed by atoms with Crippen LogP contribution in [0.3, 0.4) is 0 Å². The van der Waals surface area contributed by atoms with Crippen LogP contribution in [-0.2, 0) is 6.42 Å². The van der Waals surface area contributed by atoms with Crippen LogP contribution in [0.5, 0.6) is 11.5 Å². The van der Waals surface area contributed by atoms with Crippen LogP contribution >= 0.6 is 0 Å². The lowest BCUT2D eigenvalue weighted by Crippen LogP contribution is -2.38. The second kappa shape index (κ2) is 13.9. The van der Waals surface area contributed by atoms with E-state index in [9.17, 15) is 10.2 Å². The van der Waals surface area contributed by atoms with Crippen molar-refractivity contribution in [2.75, 3.05) is 45.1 Å². The number of nitrogens with zero attached hydrogens (tertiary/aromatic N) is 4. The predicted molar refractivity (Wildman–Crippen MR) is 170 cm³/mol. The maximum atomic E-state index is 11.1. The second-order valence-electron chi connectivity index (χ2n) is 12.1. The molecule has 2 aromatic heterocycles. The first-order chi connectivity index (χ1) is 21.1. The SMILES string of the molecule is CNc1ncnc2c1ccn2[C@@H]1C[C@H](CN(CCCNCCc2cccc(Oc3ccccc3)c2)CC2CC2)[C@@H](O)[C@H]1O. The summed E-state index contributed by atoms with van der Waals surface area (Å²) >= 11 is 0. The molecule has 2 aliphatic carbocycles. The van der Waals surface area contributed by atoms with Crippen molar-refractivity contribution in [3.63, 3.8) is 0 Å². The highest BCUT2D eigenvalue weighted by molar-refractivity contribution is 5.87. The monoisotopic (exact) mass is 584 g/mol. The Morgan fingerprint density at radius 1 is 0.953 bits per heavy atom. The number of benzene rings is 2. The van der Waals surface area contributed by atoms with Gasteiger partial charge in [0, 0.05) is 32.3 Å². The van der Waals surface area contributed by atoms with E-state index in [0.717, 1.165) is 86.3 Å². The van der Waals surface area contributed by atoms with Crippen molar-refractivity contribution in [2.24, 2.45) is 11.8 Å². The van der Waals surface area contributed by atoms with E-state index >= 15 is 0 Å². The molecule has 228 valence electrons. The van der Waals surface area contributed by atoms with Crippen molar-refractivity contribution < 1.29 is 14.9 Å². The molecule has 2 aliphatic rings. The summed E-state index contributed by atoms with van der Waals surface area (Å²) in [6, 6.07) is 20.0. The average Bonchev–Trinajstić information content (AvgIpc) is 3.68. The van der Waals surface area contributed by atoms with Gasteiger partial charge in [-0.05, 0) is 93.6 Å². The summed E-state index contributed by atoms with van der Waals surface area (Å²) in [4.78, 5) is 11.3. The Morgan fingerprint density at radius 3 is 2.60 bits per heavy atom. The first kappa shape index (κ1) is 29.6. The number of aliphatic hydroxyl groups excluding tert-OH is 2. The Morgan fingerprint density at radius 2 is 1.79 bits per heavy atom. The molecule has 0 bridgehead atoms. The van der Waals surface area contributed by atoms with Crippen LogP contribution in [0, 0.1) is 11.8 Å². The first-order valence-corrected chi connectivity index (χ1v) is 15.7. The van der Waals surface area contributed by atoms with Crippen LogP contribution in [-0.4, -0.2) is 81.6 Å². The summed E-state index contributed by atoms with van der Waals surface area (Å²) in [6.07, 6.45) is 7.23. The quantitative estimate of drug-likeness (QED) is 0.152. The Balaban J connectivity index is 0.978. The second-order valence-corrected chi connectivity index (χ2v) is 12.1. The Labute approximate surface area is 253 Å². The van der Waals surface area contributed by atoms with Gasteiger partial charge >= 0.3 is 0 Å². The molecule has 2 fully saturated rings. The molecular formula is C34H44N6O3. The average molecular weight is 585 g/mol. The molecule has 43 heavy (non-hydrogen) atoms. The first-order valence-electron chi connectivity index (χ1n) is 15.7. The van der Waals surface area contributed by atoms with Crippen LogP contribution in [0.4, 0.5) is 5.82 Å². The van der Waals surface area contributed by atoms with E-state index in [1.165, 1.54) is 18.4 Å². The molecule has 0 unspecified atom stereocenters. The van der Waals surface area contributed by atoms with Gasteiger partial charge in [-0.3, -0.25) is 0 Å². The number of aromatic nitrogens is 3. The van der Waals surface area contributed by atoms with E-state index in [1.807, 2.05) is 60.3 Å². The molecule has 2 saturated carbocycles. The highest BCUT2D eigenvalue weighted by Gasteiger charge is 2.43. The van der Waals surface area contributed by atoms with Crippen LogP contribution < -0.4 is 15.4 Å². The molecule has 0 aliphatic heterocycles. The van der Waals surface area contributed by atoms with E-state index < -0.39 is 12.2 Å². The number of ether oxygens (including phenoxy) is 1. The third kappa shape index (κ3) is 7.36. The number of rotatable bonds is 15. The summed E-state index contributed by atoms with van der Waals surface area (Å²) in [6.45, 7) is 4.72. The highest BCUT2D eigenvalue weighted by atomic mass is 16.5. The third-order valence-corrected chi connectivity index (χ3v) is 8.88. The maximum Gasteiger partial charge on any atom is 0.145 e. The summed E-state index contributed by atoms with van der Waals surface area (Å²) in [5.41, 5.74) is 2.04. The molecule has 0 radical (unpaired) electrons. The van der Waals surface area contributed by atoms with E-state index in [0.29, 0.717) is 0 Å². The molecular weight excluding hydrogens is 540 g/mol. The summed E-state index contributed by atoms with van der Waals surface area (Å²) in [7, 11) is 1.84. The molecule has 0 spiro atoms. The predicted octanol–water partition coefficient (Wildman–Crippen LogP) is 4.48. The summed E-state index contributed by atoms with van der Waals surface area (Å²) in [5, 5.41) is 29.8. The largest absolute Gasteiger partial charge is 0.457 e. The standard InChI is InChI=1S/C34H44N6O3/c1-35-33-29-14-18-40(34(29)38-23-37-33)30-20-26(31(41)32(30)42)22-39(21-25-11-12-25)17-6-15-36-16-13-24-7-5-10-28(19-24)43-27-8-3-2-4-9-27/h2-5,7-10,14,18-19,23,25-26,30-32,36,41-42H,6,11-13,15-17,20-22H2,1H3,(H,35,37,38)/t26-,30-,31-,32+/m1/s1. The van der Waals surface area contributed by atoms with Crippen molar-refractivity contribution >= 4 is 16.9 Å². The molecule has 2 aromatic carbocycles. The minimum absolute atomic E-state index is 0.0140.